The molecule has 1 heterocycles. The van der Waals surface area contributed by atoms with E-state index in [1.165, 1.54) is 63.4 Å². The summed E-state index contributed by atoms with van der Waals surface area (Å²) >= 11 is 0. The second-order valence-corrected chi connectivity index (χ2v) is 8.39. The van der Waals surface area contributed by atoms with Crippen LogP contribution in [-0.4, -0.2) is 16.4 Å². The van der Waals surface area contributed by atoms with Crippen molar-refractivity contribution in [2.24, 2.45) is 0 Å². The lowest BCUT2D eigenvalue weighted by Crippen LogP contribution is -1.97. The van der Waals surface area contributed by atoms with Gasteiger partial charge in [-0.3, -0.25) is 0 Å². The van der Waals surface area contributed by atoms with E-state index in [9.17, 15) is 0 Å². The molecule has 0 N–H and O–H groups in total. The number of benzene rings is 2. The summed E-state index contributed by atoms with van der Waals surface area (Å²) in [5.41, 5.74) is 3.51. The van der Waals surface area contributed by atoms with Crippen LogP contribution in [0.5, 0.6) is 5.75 Å². The Morgan fingerprint density at radius 3 is 2.20 bits per heavy atom. The Morgan fingerprint density at radius 2 is 1.47 bits per heavy atom. The Bertz CT molecular complexity index is 866. The van der Waals surface area contributed by atoms with Crippen LogP contribution in [0.3, 0.4) is 0 Å². The average molecular weight is 407 g/mol. The average Bonchev–Trinajstić information content (AvgIpc) is 3.20. The Kier molecular flexibility index (Phi) is 9.27. The number of hydrogen-bond donors (Lipinski definition) is 0. The lowest BCUT2D eigenvalue weighted by Gasteiger charge is -2.06. The second-order valence-electron chi connectivity index (χ2n) is 8.39. The van der Waals surface area contributed by atoms with Crippen LogP contribution in [0.4, 0.5) is 0 Å². The Balaban J connectivity index is 1.47. The van der Waals surface area contributed by atoms with Gasteiger partial charge in [0.2, 0.25) is 0 Å². The molecule has 162 valence electrons. The van der Waals surface area contributed by atoms with Gasteiger partial charge in [0.1, 0.15) is 5.75 Å². The molecule has 0 bridgehead atoms. The van der Waals surface area contributed by atoms with Crippen molar-refractivity contribution >= 4 is 10.9 Å². The van der Waals surface area contributed by atoms with Crippen molar-refractivity contribution < 1.29 is 4.74 Å². The minimum Gasteiger partial charge on any atom is -0.494 e. The zero-order valence-corrected chi connectivity index (χ0v) is 18.9. The molecule has 0 radical (unpaired) electrons. The highest BCUT2D eigenvalue weighted by molar-refractivity contribution is 5.80. The summed E-state index contributed by atoms with van der Waals surface area (Å²) in [7, 11) is 0. The Morgan fingerprint density at radius 1 is 0.767 bits per heavy atom. The van der Waals surface area contributed by atoms with Gasteiger partial charge in [-0.25, -0.2) is 4.68 Å². The van der Waals surface area contributed by atoms with E-state index in [0.29, 0.717) is 0 Å². The standard InChI is InChI=1S/C27H38N2O/c1-3-5-7-8-9-10-11-12-20-30-26-18-19-27-24(21-26)22-29(28-27)25-16-14-23(15-17-25)13-6-4-2/h14-19,21-22H,3-13,20H2,1-2H3. The van der Waals surface area contributed by atoms with Gasteiger partial charge in [0.15, 0.2) is 0 Å². The maximum Gasteiger partial charge on any atom is 0.120 e. The number of aromatic nitrogens is 2. The molecule has 3 aromatic rings. The summed E-state index contributed by atoms with van der Waals surface area (Å²) in [4.78, 5) is 0. The summed E-state index contributed by atoms with van der Waals surface area (Å²) in [5, 5.41) is 5.85. The first-order valence-corrected chi connectivity index (χ1v) is 12.0. The maximum atomic E-state index is 5.99. The molecule has 0 atom stereocenters. The smallest absolute Gasteiger partial charge is 0.120 e. The molecule has 30 heavy (non-hydrogen) atoms. The van der Waals surface area contributed by atoms with Crippen molar-refractivity contribution in [1.29, 1.82) is 0 Å². The monoisotopic (exact) mass is 406 g/mol. The van der Waals surface area contributed by atoms with E-state index < -0.39 is 0 Å². The molecule has 0 aliphatic carbocycles. The van der Waals surface area contributed by atoms with E-state index in [-0.39, 0.29) is 0 Å². The summed E-state index contributed by atoms with van der Waals surface area (Å²) in [6, 6.07) is 15.0. The minimum atomic E-state index is 0.799. The molecule has 3 nitrogen and oxygen atoms in total. The highest BCUT2D eigenvalue weighted by atomic mass is 16.5. The summed E-state index contributed by atoms with van der Waals surface area (Å²) in [6.45, 7) is 5.30. The zero-order valence-electron chi connectivity index (χ0n) is 18.9. The molecule has 1 aromatic heterocycles. The second kappa shape index (κ2) is 12.4. The molecule has 0 unspecified atom stereocenters. The number of unbranched alkanes of at least 4 members (excludes halogenated alkanes) is 8. The number of hydrogen-bond acceptors (Lipinski definition) is 2. The molecule has 0 aliphatic heterocycles. The fourth-order valence-corrected chi connectivity index (χ4v) is 3.85. The van der Waals surface area contributed by atoms with Gasteiger partial charge >= 0.3 is 0 Å². The number of nitrogens with zero attached hydrogens (tertiary/aromatic N) is 2. The number of aryl methyl sites for hydroxylation is 1. The van der Waals surface area contributed by atoms with Crippen molar-refractivity contribution in [3.05, 3.63) is 54.2 Å². The summed E-state index contributed by atoms with van der Waals surface area (Å²) in [6.07, 6.45) is 16.3. The first kappa shape index (κ1) is 22.4. The fourth-order valence-electron chi connectivity index (χ4n) is 3.85. The fraction of sp³-hybridized carbons (Fsp3) is 0.519. The van der Waals surface area contributed by atoms with Crippen LogP contribution in [0.1, 0.15) is 83.6 Å². The van der Waals surface area contributed by atoms with Crippen LogP contribution in [0.15, 0.2) is 48.7 Å². The lowest BCUT2D eigenvalue weighted by atomic mass is 10.1. The largest absolute Gasteiger partial charge is 0.494 e. The minimum absolute atomic E-state index is 0.799. The molecular formula is C27H38N2O. The van der Waals surface area contributed by atoms with Gasteiger partial charge in [-0.2, -0.15) is 5.10 Å². The van der Waals surface area contributed by atoms with Crippen molar-refractivity contribution in [2.45, 2.75) is 84.5 Å². The molecule has 2 aromatic carbocycles. The van der Waals surface area contributed by atoms with Crippen molar-refractivity contribution in [1.82, 2.24) is 9.78 Å². The van der Waals surface area contributed by atoms with E-state index in [4.69, 9.17) is 9.84 Å². The van der Waals surface area contributed by atoms with Gasteiger partial charge in [0.25, 0.3) is 0 Å². The van der Waals surface area contributed by atoms with Gasteiger partial charge in [-0.05, 0) is 55.2 Å². The van der Waals surface area contributed by atoms with E-state index in [1.807, 2.05) is 10.7 Å². The van der Waals surface area contributed by atoms with E-state index in [1.54, 1.807) is 0 Å². The highest BCUT2D eigenvalue weighted by Gasteiger charge is 2.05. The highest BCUT2D eigenvalue weighted by Crippen LogP contribution is 2.22. The van der Waals surface area contributed by atoms with Crippen LogP contribution in [0, 0.1) is 0 Å². The van der Waals surface area contributed by atoms with Gasteiger partial charge in [0, 0.05) is 11.6 Å². The maximum absolute atomic E-state index is 5.99. The molecule has 3 heteroatoms. The lowest BCUT2D eigenvalue weighted by molar-refractivity contribution is 0.304. The number of rotatable bonds is 14. The van der Waals surface area contributed by atoms with Gasteiger partial charge < -0.3 is 4.74 Å². The van der Waals surface area contributed by atoms with Crippen LogP contribution in [-0.2, 0) is 6.42 Å². The molecule has 0 amide bonds. The third-order valence-corrected chi connectivity index (χ3v) is 5.76. The van der Waals surface area contributed by atoms with E-state index >= 15 is 0 Å². The number of fused-ring (bicyclic) bond motifs is 1. The van der Waals surface area contributed by atoms with E-state index in [2.05, 4.69) is 56.4 Å². The molecule has 0 saturated heterocycles. The summed E-state index contributed by atoms with van der Waals surface area (Å²) in [5.74, 6) is 0.944. The molecule has 0 fully saturated rings. The zero-order chi connectivity index (χ0) is 21.0. The number of ether oxygens (including phenoxy) is 1. The Labute approximate surface area is 182 Å². The van der Waals surface area contributed by atoms with Crippen molar-refractivity contribution in [3.8, 4) is 11.4 Å². The van der Waals surface area contributed by atoms with Crippen LogP contribution in [0.2, 0.25) is 0 Å². The normalized spacial score (nSPS) is 11.3. The van der Waals surface area contributed by atoms with Crippen molar-refractivity contribution in [3.63, 3.8) is 0 Å². The van der Waals surface area contributed by atoms with Crippen molar-refractivity contribution in [2.75, 3.05) is 6.61 Å². The Hall–Kier alpha value is -2.29. The first-order chi connectivity index (χ1) is 14.8. The van der Waals surface area contributed by atoms with Crippen LogP contribution >= 0.6 is 0 Å². The predicted octanol–water partition coefficient (Wildman–Crippen LogP) is 7.89. The van der Waals surface area contributed by atoms with E-state index in [0.717, 1.165) is 41.8 Å². The third kappa shape index (κ3) is 6.90. The van der Waals surface area contributed by atoms with Crippen LogP contribution in [0.25, 0.3) is 16.6 Å². The third-order valence-electron chi connectivity index (χ3n) is 5.76. The molecular weight excluding hydrogens is 368 g/mol. The first-order valence-electron chi connectivity index (χ1n) is 12.0. The quantitative estimate of drug-likeness (QED) is 0.254. The van der Waals surface area contributed by atoms with Crippen LogP contribution < -0.4 is 4.74 Å². The molecule has 0 spiro atoms. The van der Waals surface area contributed by atoms with Gasteiger partial charge in [0.05, 0.1) is 17.8 Å². The molecule has 0 saturated carbocycles. The summed E-state index contributed by atoms with van der Waals surface area (Å²) < 4.78 is 7.96. The SMILES string of the molecule is CCCCCCCCCCOc1ccc2nn(-c3ccc(CCCC)cc3)cc2c1. The van der Waals surface area contributed by atoms with Gasteiger partial charge in [-0.1, -0.05) is 77.3 Å². The van der Waals surface area contributed by atoms with Gasteiger partial charge in [-0.15, -0.1) is 0 Å². The molecule has 0 aliphatic rings. The molecule has 3 rings (SSSR count). The topological polar surface area (TPSA) is 27.1 Å². The predicted molar refractivity (Wildman–Crippen MR) is 128 cm³/mol.